The number of hydrogen-bond donors (Lipinski definition) is 2. The van der Waals surface area contributed by atoms with Crippen molar-refractivity contribution in [3.63, 3.8) is 0 Å². The third-order valence-electron chi connectivity index (χ3n) is 8.99. The molecular weight excluding hydrogens is 326 g/mol. The highest BCUT2D eigenvalue weighted by Gasteiger charge is 3.03. The molecule has 0 bridgehead atoms. The van der Waals surface area contributed by atoms with Gasteiger partial charge < -0.3 is 15.5 Å². The van der Waals surface area contributed by atoms with Crippen LogP contribution in [0.3, 0.4) is 0 Å². The summed E-state index contributed by atoms with van der Waals surface area (Å²) in [6.07, 6.45) is 3.38. The van der Waals surface area contributed by atoms with E-state index >= 15 is 0 Å². The SMILES string of the molecule is CC1(C)CN(C(=O)c2cnc(NCC34C5C6C7C5C3C7C64)cn2)CCN1. The molecule has 0 atom stereocenters. The zero-order valence-corrected chi connectivity index (χ0v) is 15.3. The largest absolute Gasteiger partial charge is 0.368 e. The molecule has 1 aromatic heterocycles. The Morgan fingerprint density at radius 2 is 1.92 bits per heavy atom. The van der Waals surface area contributed by atoms with Crippen molar-refractivity contribution >= 4 is 11.7 Å². The second-order valence-corrected chi connectivity index (χ2v) is 10.2. The second-order valence-electron chi connectivity index (χ2n) is 10.2. The highest BCUT2D eigenvalue weighted by Crippen LogP contribution is 3.05. The number of piperazine rings is 1. The Morgan fingerprint density at radius 1 is 1.19 bits per heavy atom. The standard InChI is InChI=1S/C20H25N5O/c1-19(2)8-25(4-3-24-19)18(26)9-5-22-10(6-21-9)23-7-20-15-12-11-13(15)17(20)14(11)16(12)20/h5-6,11-17,24H,3-4,7-8H2,1-2H3,(H,22,23). The topological polar surface area (TPSA) is 70.2 Å². The van der Waals surface area contributed by atoms with Gasteiger partial charge in [0.2, 0.25) is 0 Å². The summed E-state index contributed by atoms with van der Waals surface area (Å²) < 4.78 is 0. The van der Waals surface area contributed by atoms with Crippen LogP contribution in [-0.4, -0.2) is 52.5 Å². The molecular formula is C20H25N5O. The summed E-state index contributed by atoms with van der Waals surface area (Å²) in [7, 11) is 0. The lowest BCUT2D eigenvalue weighted by molar-refractivity contribution is -0.610. The van der Waals surface area contributed by atoms with Crippen molar-refractivity contribution in [2.24, 2.45) is 46.8 Å². The lowest BCUT2D eigenvalue weighted by Crippen LogP contribution is -3.06. The van der Waals surface area contributed by atoms with Gasteiger partial charge in [0.25, 0.3) is 5.91 Å². The fourth-order valence-corrected chi connectivity index (χ4v) is 8.27. The minimum Gasteiger partial charge on any atom is -0.368 e. The summed E-state index contributed by atoms with van der Waals surface area (Å²) in [5.74, 6) is 8.45. The molecule has 1 amide bonds. The van der Waals surface area contributed by atoms with Crippen molar-refractivity contribution in [2.45, 2.75) is 19.4 Å². The fourth-order valence-electron chi connectivity index (χ4n) is 8.27. The first-order valence-corrected chi connectivity index (χ1v) is 10.1. The quantitative estimate of drug-likeness (QED) is 0.850. The van der Waals surface area contributed by atoms with E-state index in [0.717, 1.165) is 66.9 Å². The number of aromatic nitrogens is 2. The van der Waals surface area contributed by atoms with Crippen LogP contribution in [0.2, 0.25) is 0 Å². The maximum atomic E-state index is 12.7. The molecule has 0 spiro atoms. The van der Waals surface area contributed by atoms with E-state index in [-0.39, 0.29) is 11.4 Å². The number of carbonyl (C=O) groups excluding carboxylic acids is 1. The molecule has 8 rings (SSSR count). The van der Waals surface area contributed by atoms with Crippen LogP contribution < -0.4 is 10.6 Å². The summed E-state index contributed by atoms with van der Waals surface area (Å²) in [6.45, 7) is 7.55. The maximum absolute atomic E-state index is 12.7. The van der Waals surface area contributed by atoms with Crippen LogP contribution in [0.5, 0.6) is 0 Å². The summed E-state index contributed by atoms with van der Waals surface area (Å²) in [5, 5.41) is 6.96. The van der Waals surface area contributed by atoms with E-state index in [1.54, 1.807) is 12.4 Å². The summed E-state index contributed by atoms with van der Waals surface area (Å²) in [6, 6.07) is 0. The van der Waals surface area contributed by atoms with Crippen molar-refractivity contribution < 1.29 is 4.79 Å². The molecule has 136 valence electrons. The van der Waals surface area contributed by atoms with Gasteiger partial charge >= 0.3 is 0 Å². The number of amides is 1. The third-order valence-corrected chi connectivity index (χ3v) is 8.99. The molecule has 0 unspecified atom stereocenters. The first kappa shape index (κ1) is 14.4. The molecule has 6 saturated carbocycles. The van der Waals surface area contributed by atoms with Crippen LogP contribution in [0.15, 0.2) is 12.4 Å². The lowest BCUT2D eigenvalue weighted by Gasteiger charge is -3.08. The molecule has 6 aliphatic carbocycles. The minimum absolute atomic E-state index is 0.0140. The summed E-state index contributed by atoms with van der Waals surface area (Å²) in [4.78, 5) is 23.5. The Labute approximate surface area is 153 Å². The van der Waals surface area contributed by atoms with E-state index in [0.29, 0.717) is 17.7 Å². The molecule has 6 nitrogen and oxygen atoms in total. The van der Waals surface area contributed by atoms with E-state index in [1.165, 1.54) is 0 Å². The Kier molecular flexibility index (Phi) is 2.26. The van der Waals surface area contributed by atoms with Crippen molar-refractivity contribution in [1.29, 1.82) is 0 Å². The number of nitrogens with one attached hydrogen (secondary N) is 2. The third kappa shape index (κ3) is 1.30. The molecule has 7 aliphatic rings. The maximum Gasteiger partial charge on any atom is 0.274 e. The van der Waals surface area contributed by atoms with Crippen LogP contribution in [0.1, 0.15) is 24.3 Å². The molecule has 0 aromatic carbocycles. The van der Waals surface area contributed by atoms with Gasteiger partial charge in [-0.2, -0.15) is 0 Å². The zero-order valence-electron chi connectivity index (χ0n) is 15.3. The second kappa shape index (κ2) is 4.08. The van der Waals surface area contributed by atoms with Gasteiger partial charge in [0.1, 0.15) is 11.5 Å². The minimum atomic E-state index is -0.0480. The molecule has 0 radical (unpaired) electrons. The van der Waals surface area contributed by atoms with E-state index in [2.05, 4.69) is 34.4 Å². The van der Waals surface area contributed by atoms with E-state index in [1.807, 2.05) is 4.90 Å². The summed E-state index contributed by atoms with van der Waals surface area (Å²) >= 11 is 0. The van der Waals surface area contributed by atoms with E-state index in [9.17, 15) is 4.79 Å². The normalized spacial score (nSPS) is 49.6. The van der Waals surface area contributed by atoms with Crippen LogP contribution >= 0.6 is 0 Å². The van der Waals surface area contributed by atoms with Gasteiger partial charge in [0.15, 0.2) is 0 Å². The Morgan fingerprint density at radius 3 is 2.54 bits per heavy atom. The Balaban J connectivity index is 1.01. The summed E-state index contributed by atoms with van der Waals surface area (Å²) in [5.41, 5.74) is 1.04. The van der Waals surface area contributed by atoms with Crippen molar-refractivity contribution in [3.8, 4) is 0 Å². The van der Waals surface area contributed by atoms with Crippen LogP contribution in [0.4, 0.5) is 5.82 Å². The molecule has 2 N–H and O–H groups in total. The lowest BCUT2D eigenvalue weighted by atomic mass is 8.96. The van der Waals surface area contributed by atoms with Gasteiger partial charge in [-0.25, -0.2) is 9.97 Å². The Bertz CT molecular complexity index is 782. The average Bonchev–Trinajstić information content (AvgIpc) is 2.66. The molecule has 6 heteroatoms. The van der Waals surface area contributed by atoms with Gasteiger partial charge in [-0.05, 0) is 60.7 Å². The average molecular weight is 351 g/mol. The number of rotatable bonds is 4. The number of carbonyl (C=O) groups is 1. The van der Waals surface area contributed by atoms with Gasteiger partial charge in [0.05, 0.1) is 12.4 Å². The fraction of sp³-hybridized carbons (Fsp3) is 0.750. The van der Waals surface area contributed by atoms with Crippen LogP contribution in [-0.2, 0) is 0 Å². The van der Waals surface area contributed by atoms with Crippen molar-refractivity contribution in [2.75, 3.05) is 31.5 Å². The molecule has 1 aliphatic heterocycles. The smallest absolute Gasteiger partial charge is 0.274 e. The monoisotopic (exact) mass is 351 g/mol. The van der Waals surface area contributed by atoms with Gasteiger partial charge in [0, 0.05) is 31.7 Å². The molecule has 1 saturated heterocycles. The zero-order chi connectivity index (χ0) is 17.4. The van der Waals surface area contributed by atoms with Gasteiger partial charge in [-0.3, -0.25) is 4.79 Å². The molecule has 1 aromatic rings. The number of nitrogens with zero attached hydrogens (tertiary/aromatic N) is 3. The predicted octanol–water partition coefficient (Wildman–Crippen LogP) is 1.08. The predicted molar refractivity (Wildman–Crippen MR) is 95.4 cm³/mol. The van der Waals surface area contributed by atoms with Gasteiger partial charge in [-0.15, -0.1) is 0 Å². The highest BCUT2D eigenvalue weighted by molar-refractivity contribution is 5.92. The van der Waals surface area contributed by atoms with E-state index in [4.69, 9.17) is 0 Å². The number of hydrogen-bond acceptors (Lipinski definition) is 5. The molecule has 2 heterocycles. The highest BCUT2D eigenvalue weighted by atomic mass is 16.2. The van der Waals surface area contributed by atoms with Crippen LogP contribution in [0, 0.1) is 46.8 Å². The first-order valence-electron chi connectivity index (χ1n) is 10.1. The first-order chi connectivity index (χ1) is 12.5. The van der Waals surface area contributed by atoms with Crippen molar-refractivity contribution in [3.05, 3.63) is 18.1 Å². The van der Waals surface area contributed by atoms with E-state index < -0.39 is 0 Å². The molecule has 26 heavy (non-hydrogen) atoms. The molecule has 7 fully saturated rings. The Hall–Kier alpha value is -1.69. The van der Waals surface area contributed by atoms with Crippen molar-refractivity contribution in [1.82, 2.24) is 20.2 Å². The number of anilines is 1. The van der Waals surface area contributed by atoms with Gasteiger partial charge in [-0.1, -0.05) is 0 Å². The van der Waals surface area contributed by atoms with Crippen LogP contribution in [0.25, 0.3) is 0 Å².